The van der Waals surface area contributed by atoms with Gasteiger partial charge in [-0.05, 0) is 52.1 Å². The Morgan fingerprint density at radius 1 is 1.24 bits per heavy atom. The highest BCUT2D eigenvalue weighted by Gasteiger charge is 2.34. The van der Waals surface area contributed by atoms with Gasteiger partial charge in [0.15, 0.2) is 0 Å². The summed E-state index contributed by atoms with van der Waals surface area (Å²) >= 11 is 0. The number of nitrogens with one attached hydrogen (secondary N) is 1. The summed E-state index contributed by atoms with van der Waals surface area (Å²) in [6.45, 7) is 13.4. The first-order valence-corrected chi connectivity index (χ1v) is 8.50. The van der Waals surface area contributed by atoms with Crippen LogP contribution >= 0.6 is 0 Å². The molecule has 0 saturated carbocycles. The molecular weight excluding hydrogens is 262 g/mol. The van der Waals surface area contributed by atoms with E-state index in [9.17, 15) is 4.79 Å². The van der Waals surface area contributed by atoms with Gasteiger partial charge in [0.2, 0.25) is 5.91 Å². The van der Waals surface area contributed by atoms with Gasteiger partial charge in [0, 0.05) is 24.5 Å². The molecule has 0 aromatic rings. The monoisotopic (exact) mass is 297 g/mol. The first-order valence-electron chi connectivity index (χ1n) is 8.50. The lowest BCUT2D eigenvalue weighted by atomic mass is 9.74. The van der Waals surface area contributed by atoms with E-state index in [4.69, 9.17) is 5.73 Å². The van der Waals surface area contributed by atoms with Crippen molar-refractivity contribution in [2.75, 3.05) is 19.6 Å². The van der Waals surface area contributed by atoms with Crippen molar-refractivity contribution in [3.8, 4) is 0 Å². The lowest BCUT2D eigenvalue weighted by Gasteiger charge is -2.43. The Bertz CT molecular complexity index is 321. The third-order valence-corrected chi connectivity index (χ3v) is 5.08. The van der Waals surface area contributed by atoms with Crippen LogP contribution in [-0.2, 0) is 4.79 Å². The Labute approximate surface area is 130 Å². The molecule has 1 atom stereocenters. The number of hydrogen-bond acceptors (Lipinski definition) is 3. The zero-order valence-corrected chi connectivity index (χ0v) is 14.7. The van der Waals surface area contributed by atoms with Gasteiger partial charge in [-0.2, -0.15) is 0 Å². The molecule has 0 aromatic carbocycles. The number of nitrogens with zero attached hydrogens (tertiary/aromatic N) is 1. The molecule has 1 rings (SSSR count). The van der Waals surface area contributed by atoms with Gasteiger partial charge in [0.25, 0.3) is 0 Å². The normalized spacial score (nSPS) is 21.0. The maximum Gasteiger partial charge on any atom is 0.222 e. The van der Waals surface area contributed by atoms with Crippen molar-refractivity contribution in [2.24, 2.45) is 11.1 Å². The molecular formula is C17H35N3O. The van der Waals surface area contributed by atoms with Gasteiger partial charge in [-0.3, -0.25) is 9.69 Å². The highest BCUT2D eigenvalue weighted by molar-refractivity contribution is 5.77. The van der Waals surface area contributed by atoms with E-state index >= 15 is 0 Å². The van der Waals surface area contributed by atoms with Crippen molar-refractivity contribution in [1.82, 2.24) is 10.2 Å². The van der Waals surface area contributed by atoms with Crippen LogP contribution in [0.2, 0.25) is 0 Å². The van der Waals surface area contributed by atoms with Crippen LogP contribution in [0, 0.1) is 5.41 Å². The topological polar surface area (TPSA) is 58.4 Å². The number of nitrogens with two attached hydrogens (primary N) is 1. The van der Waals surface area contributed by atoms with E-state index in [1.165, 1.54) is 25.7 Å². The molecule has 1 heterocycles. The highest BCUT2D eigenvalue weighted by Crippen LogP contribution is 2.38. The van der Waals surface area contributed by atoms with Gasteiger partial charge < -0.3 is 11.1 Å². The molecule has 4 heteroatoms. The molecule has 21 heavy (non-hydrogen) atoms. The first-order chi connectivity index (χ1) is 9.75. The fourth-order valence-corrected chi connectivity index (χ4v) is 3.37. The lowest BCUT2D eigenvalue weighted by molar-refractivity contribution is -0.123. The Hall–Kier alpha value is -0.610. The van der Waals surface area contributed by atoms with E-state index in [-0.39, 0.29) is 17.5 Å². The van der Waals surface area contributed by atoms with Crippen molar-refractivity contribution in [3.05, 3.63) is 0 Å². The second kappa shape index (κ2) is 7.59. The lowest BCUT2D eigenvalue weighted by Crippen LogP contribution is -2.51. The molecule has 1 aliphatic heterocycles. The van der Waals surface area contributed by atoms with Crippen molar-refractivity contribution < 1.29 is 4.79 Å². The van der Waals surface area contributed by atoms with E-state index in [0.29, 0.717) is 18.4 Å². The third-order valence-electron chi connectivity index (χ3n) is 5.08. The van der Waals surface area contributed by atoms with Crippen LogP contribution in [0.5, 0.6) is 0 Å². The number of hydrogen-bond donors (Lipinski definition) is 2. The quantitative estimate of drug-likeness (QED) is 0.792. The fraction of sp³-hybridized carbons (Fsp3) is 0.941. The van der Waals surface area contributed by atoms with Crippen molar-refractivity contribution in [3.63, 3.8) is 0 Å². The summed E-state index contributed by atoms with van der Waals surface area (Å²) in [5.74, 6) is 0.112. The second-order valence-electron chi connectivity index (χ2n) is 7.63. The van der Waals surface area contributed by atoms with Crippen LogP contribution in [-0.4, -0.2) is 42.0 Å². The fourth-order valence-electron chi connectivity index (χ4n) is 3.37. The summed E-state index contributed by atoms with van der Waals surface area (Å²) in [7, 11) is 0. The van der Waals surface area contributed by atoms with Gasteiger partial charge >= 0.3 is 0 Å². The van der Waals surface area contributed by atoms with Crippen molar-refractivity contribution in [2.45, 2.75) is 78.3 Å². The Morgan fingerprint density at radius 2 is 1.76 bits per heavy atom. The number of likely N-dealkylation sites (tertiary alicyclic amines) is 1. The minimum atomic E-state index is -0.169. The maximum atomic E-state index is 12.1. The number of amides is 1. The third kappa shape index (κ3) is 5.59. The summed E-state index contributed by atoms with van der Waals surface area (Å²) in [6, 6.07) is 0.180. The van der Waals surface area contributed by atoms with E-state index in [0.717, 1.165) is 13.1 Å². The molecule has 0 bridgehead atoms. The molecule has 0 aliphatic carbocycles. The Kier molecular flexibility index (Phi) is 6.67. The van der Waals surface area contributed by atoms with Crippen LogP contribution in [0.1, 0.15) is 66.7 Å². The van der Waals surface area contributed by atoms with E-state index < -0.39 is 0 Å². The average molecular weight is 297 g/mol. The Morgan fingerprint density at radius 3 is 2.14 bits per heavy atom. The zero-order valence-electron chi connectivity index (χ0n) is 14.7. The highest BCUT2D eigenvalue weighted by atomic mass is 16.1. The minimum Gasteiger partial charge on any atom is -0.351 e. The molecule has 0 aromatic heterocycles. The minimum absolute atomic E-state index is 0.112. The van der Waals surface area contributed by atoms with Gasteiger partial charge in [0.1, 0.15) is 0 Å². The first kappa shape index (κ1) is 18.4. The van der Waals surface area contributed by atoms with Gasteiger partial charge in [0.05, 0.1) is 0 Å². The molecule has 1 aliphatic rings. The van der Waals surface area contributed by atoms with Crippen LogP contribution in [0.4, 0.5) is 0 Å². The smallest absolute Gasteiger partial charge is 0.222 e. The number of carbonyl (C=O) groups is 1. The maximum absolute atomic E-state index is 12.1. The summed E-state index contributed by atoms with van der Waals surface area (Å²) < 4.78 is 0. The predicted molar refractivity (Wildman–Crippen MR) is 89.2 cm³/mol. The van der Waals surface area contributed by atoms with Gasteiger partial charge in [-0.15, -0.1) is 0 Å². The van der Waals surface area contributed by atoms with E-state index in [1.54, 1.807) is 0 Å². The summed E-state index contributed by atoms with van der Waals surface area (Å²) in [6.07, 6.45) is 5.50. The molecule has 3 N–H and O–H groups in total. The Balaban J connectivity index is 2.53. The van der Waals surface area contributed by atoms with Crippen LogP contribution in [0.25, 0.3) is 0 Å². The van der Waals surface area contributed by atoms with E-state index in [2.05, 4.69) is 24.1 Å². The zero-order chi connectivity index (χ0) is 16.1. The average Bonchev–Trinajstić information content (AvgIpc) is 2.43. The largest absolute Gasteiger partial charge is 0.351 e. The van der Waals surface area contributed by atoms with Crippen LogP contribution < -0.4 is 11.1 Å². The molecule has 1 saturated heterocycles. The van der Waals surface area contributed by atoms with E-state index in [1.807, 2.05) is 20.8 Å². The van der Waals surface area contributed by atoms with Gasteiger partial charge in [-0.1, -0.05) is 26.7 Å². The number of piperidine rings is 1. The molecule has 0 radical (unpaired) electrons. The number of carbonyl (C=O) groups excluding carboxylic acids is 1. The molecule has 4 nitrogen and oxygen atoms in total. The molecule has 1 fully saturated rings. The predicted octanol–water partition coefficient (Wildman–Crippen LogP) is 2.52. The SMILES string of the molecule is CCC1(CC)CCN(C(CN)CC(=O)NC(C)(C)C)CC1. The van der Waals surface area contributed by atoms with Crippen molar-refractivity contribution >= 4 is 5.91 Å². The summed E-state index contributed by atoms with van der Waals surface area (Å²) in [4.78, 5) is 14.5. The second-order valence-corrected chi connectivity index (χ2v) is 7.63. The van der Waals surface area contributed by atoms with Crippen molar-refractivity contribution in [1.29, 1.82) is 0 Å². The molecule has 1 unspecified atom stereocenters. The number of rotatable bonds is 6. The molecule has 1 amide bonds. The summed E-state index contributed by atoms with van der Waals surface area (Å²) in [5.41, 5.74) is 6.27. The standard InChI is InChI=1S/C17H35N3O/c1-6-17(7-2)8-10-20(11-9-17)14(13-18)12-15(21)19-16(3,4)5/h14H,6-13,18H2,1-5H3,(H,19,21). The van der Waals surface area contributed by atoms with Crippen LogP contribution in [0.15, 0.2) is 0 Å². The van der Waals surface area contributed by atoms with Crippen LogP contribution in [0.3, 0.4) is 0 Å². The molecule has 124 valence electrons. The van der Waals surface area contributed by atoms with Gasteiger partial charge in [-0.25, -0.2) is 0 Å². The molecule has 0 spiro atoms. The summed E-state index contributed by atoms with van der Waals surface area (Å²) in [5, 5.41) is 3.04.